The van der Waals surface area contributed by atoms with Crippen LogP contribution in [0.15, 0.2) is 84.2 Å². The molecular weight excluding hydrogens is 446 g/mol. The van der Waals surface area contributed by atoms with Crippen molar-refractivity contribution in [3.63, 3.8) is 0 Å². The maximum Gasteiger partial charge on any atom is 0.303 e. The van der Waals surface area contributed by atoms with E-state index in [2.05, 4.69) is 27.7 Å². The van der Waals surface area contributed by atoms with E-state index in [4.69, 9.17) is 10.1 Å². The van der Waals surface area contributed by atoms with Gasteiger partial charge in [-0.3, -0.25) is 9.59 Å². The van der Waals surface area contributed by atoms with Gasteiger partial charge in [0.15, 0.2) is 5.13 Å². The van der Waals surface area contributed by atoms with Crippen LogP contribution in [0, 0.1) is 0 Å². The van der Waals surface area contributed by atoms with E-state index in [0.717, 1.165) is 27.5 Å². The van der Waals surface area contributed by atoms with Crippen LogP contribution in [-0.4, -0.2) is 29.0 Å². The zero-order valence-electron chi connectivity index (χ0n) is 18.8. The molecule has 0 saturated heterocycles. The fourth-order valence-corrected chi connectivity index (χ4v) is 4.29. The number of hydrogen-bond acceptors (Lipinski definition) is 5. The fraction of sp³-hybridized carbons (Fsp3) is 0.148. The Hall–Kier alpha value is -3.97. The van der Waals surface area contributed by atoms with Crippen LogP contribution in [0.4, 0.5) is 10.8 Å². The number of aromatic nitrogens is 1. The molecule has 2 N–H and O–H groups in total. The Morgan fingerprint density at radius 3 is 2.29 bits per heavy atom. The molecule has 1 amide bonds. The van der Waals surface area contributed by atoms with Crippen molar-refractivity contribution >= 4 is 34.0 Å². The summed E-state index contributed by atoms with van der Waals surface area (Å²) in [6.07, 6.45) is 0.554. The Balaban J connectivity index is 1.33. The summed E-state index contributed by atoms with van der Waals surface area (Å²) in [6, 6.07) is 24.9. The summed E-state index contributed by atoms with van der Waals surface area (Å²) in [5, 5.41) is 14.7. The van der Waals surface area contributed by atoms with Crippen LogP contribution in [-0.2, 0) is 17.8 Å². The third-order valence-corrected chi connectivity index (χ3v) is 6.32. The highest BCUT2D eigenvalue weighted by atomic mass is 32.1. The van der Waals surface area contributed by atoms with Crippen molar-refractivity contribution in [1.29, 1.82) is 0 Å². The molecule has 0 unspecified atom stereocenters. The summed E-state index contributed by atoms with van der Waals surface area (Å²) in [5.41, 5.74) is 5.31. The lowest BCUT2D eigenvalue weighted by molar-refractivity contribution is -0.136. The average Bonchev–Trinajstić information content (AvgIpc) is 3.35. The van der Waals surface area contributed by atoms with Crippen molar-refractivity contribution in [2.45, 2.75) is 19.4 Å². The van der Waals surface area contributed by atoms with Gasteiger partial charge >= 0.3 is 5.97 Å². The van der Waals surface area contributed by atoms with E-state index in [-0.39, 0.29) is 12.3 Å². The maximum absolute atomic E-state index is 12.6. The Kier molecular flexibility index (Phi) is 7.34. The maximum atomic E-state index is 12.6. The minimum absolute atomic E-state index is 0.0873. The number of anilines is 2. The third kappa shape index (κ3) is 6.08. The van der Waals surface area contributed by atoms with Gasteiger partial charge in [-0.2, -0.15) is 0 Å². The van der Waals surface area contributed by atoms with Gasteiger partial charge in [0.05, 0.1) is 5.69 Å². The topological polar surface area (TPSA) is 82.5 Å². The first kappa shape index (κ1) is 23.2. The Bertz CT molecular complexity index is 1250. The predicted octanol–water partition coefficient (Wildman–Crippen LogP) is 5.72. The van der Waals surface area contributed by atoms with Crippen molar-refractivity contribution < 1.29 is 14.7 Å². The van der Waals surface area contributed by atoms with Crippen molar-refractivity contribution in [3.8, 4) is 11.3 Å². The van der Waals surface area contributed by atoms with Crippen LogP contribution in [0.1, 0.15) is 27.9 Å². The van der Waals surface area contributed by atoms with Gasteiger partial charge in [-0.25, -0.2) is 4.98 Å². The molecule has 0 saturated carbocycles. The molecule has 0 fully saturated rings. The lowest BCUT2D eigenvalue weighted by Crippen LogP contribution is -2.16. The average molecular weight is 472 g/mol. The Labute approximate surface area is 202 Å². The molecule has 3 aromatic carbocycles. The summed E-state index contributed by atoms with van der Waals surface area (Å²) in [7, 11) is 2.01. The molecule has 1 heterocycles. The van der Waals surface area contributed by atoms with E-state index in [1.807, 2.05) is 61.6 Å². The number of benzene rings is 3. The van der Waals surface area contributed by atoms with E-state index in [0.29, 0.717) is 24.2 Å². The smallest absolute Gasteiger partial charge is 0.303 e. The van der Waals surface area contributed by atoms with Gasteiger partial charge in [0, 0.05) is 42.2 Å². The molecular formula is C27H25N3O3S. The molecule has 34 heavy (non-hydrogen) atoms. The molecule has 0 bridgehead atoms. The van der Waals surface area contributed by atoms with E-state index in [1.165, 1.54) is 0 Å². The second-order valence-corrected chi connectivity index (χ2v) is 8.82. The molecule has 4 rings (SSSR count). The van der Waals surface area contributed by atoms with Crippen LogP contribution < -0.4 is 10.2 Å². The summed E-state index contributed by atoms with van der Waals surface area (Å²) in [4.78, 5) is 30.1. The standard InChI is InChI=1S/C27H25N3O3S/c1-30(27-29-24(18-34-27)21-5-3-2-4-6-21)17-20-7-12-22(13-8-20)26(33)28-23-14-9-19(10-15-23)11-16-25(31)32/h2-10,12-15,18H,11,16-17H2,1H3,(H,28,33)(H,31,32). The molecule has 0 atom stereocenters. The van der Waals surface area contributed by atoms with Crippen LogP contribution in [0.3, 0.4) is 0 Å². The minimum atomic E-state index is -0.824. The summed E-state index contributed by atoms with van der Waals surface area (Å²) < 4.78 is 0. The Morgan fingerprint density at radius 1 is 0.941 bits per heavy atom. The van der Waals surface area contributed by atoms with Crippen molar-refractivity contribution in [3.05, 3.63) is 101 Å². The van der Waals surface area contributed by atoms with Gasteiger partial charge < -0.3 is 15.3 Å². The number of carboxylic acids is 1. The van der Waals surface area contributed by atoms with Crippen LogP contribution in [0.2, 0.25) is 0 Å². The van der Waals surface area contributed by atoms with E-state index >= 15 is 0 Å². The highest BCUT2D eigenvalue weighted by molar-refractivity contribution is 7.14. The monoisotopic (exact) mass is 471 g/mol. The third-order valence-electron chi connectivity index (χ3n) is 5.36. The number of carboxylic acid groups (broad SMARTS) is 1. The van der Waals surface area contributed by atoms with E-state index in [1.54, 1.807) is 23.5 Å². The van der Waals surface area contributed by atoms with Gasteiger partial charge in [-0.1, -0.05) is 54.6 Å². The lowest BCUT2D eigenvalue weighted by Gasteiger charge is -2.16. The van der Waals surface area contributed by atoms with Crippen molar-refractivity contribution in [1.82, 2.24) is 4.98 Å². The molecule has 0 radical (unpaired) electrons. The van der Waals surface area contributed by atoms with Gasteiger partial charge in [-0.05, 0) is 41.8 Å². The molecule has 0 aliphatic carbocycles. The van der Waals surface area contributed by atoms with E-state index < -0.39 is 5.97 Å². The number of aliphatic carboxylic acids is 1. The highest BCUT2D eigenvalue weighted by Crippen LogP contribution is 2.27. The number of nitrogens with zero attached hydrogens (tertiary/aromatic N) is 2. The zero-order valence-corrected chi connectivity index (χ0v) is 19.6. The molecule has 0 aliphatic rings. The van der Waals surface area contributed by atoms with Gasteiger partial charge in [0.25, 0.3) is 5.91 Å². The summed E-state index contributed by atoms with van der Waals surface area (Å²) in [6.45, 7) is 0.682. The molecule has 6 nitrogen and oxygen atoms in total. The van der Waals surface area contributed by atoms with Crippen LogP contribution >= 0.6 is 11.3 Å². The normalized spacial score (nSPS) is 10.6. The number of aryl methyl sites for hydroxylation is 1. The van der Waals surface area contributed by atoms with Crippen molar-refractivity contribution in [2.75, 3.05) is 17.3 Å². The van der Waals surface area contributed by atoms with Crippen LogP contribution in [0.25, 0.3) is 11.3 Å². The highest BCUT2D eigenvalue weighted by Gasteiger charge is 2.11. The molecule has 1 aromatic heterocycles. The second kappa shape index (κ2) is 10.8. The summed E-state index contributed by atoms with van der Waals surface area (Å²) >= 11 is 1.61. The minimum Gasteiger partial charge on any atom is -0.481 e. The predicted molar refractivity (Wildman–Crippen MR) is 136 cm³/mol. The lowest BCUT2D eigenvalue weighted by atomic mass is 10.1. The molecule has 7 heteroatoms. The second-order valence-electron chi connectivity index (χ2n) is 7.98. The van der Waals surface area contributed by atoms with Gasteiger partial charge in [-0.15, -0.1) is 11.3 Å². The summed E-state index contributed by atoms with van der Waals surface area (Å²) in [5.74, 6) is -1.01. The van der Waals surface area contributed by atoms with Gasteiger partial charge in [0.2, 0.25) is 0 Å². The molecule has 172 valence electrons. The number of rotatable bonds is 9. The quantitative estimate of drug-likeness (QED) is 0.326. The van der Waals surface area contributed by atoms with Crippen molar-refractivity contribution in [2.24, 2.45) is 0 Å². The number of hydrogen-bond donors (Lipinski definition) is 2. The van der Waals surface area contributed by atoms with Gasteiger partial charge in [0.1, 0.15) is 0 Å². The number of amides is 1. The first-order valence-corrected chi connectivity index (χ1v) is 11.8. The fourth-order valence-electron chi connectivity index (χ4n) is 3.49. The molecule has 4 aromatic rings. The van der Waals surface area contributed by atoms with Crippen LogP contribution in [0.5, 0.6) is 0 Å². The number of carbonyl (C=O) groups is 2. The molecule has 0 spiro atoms. The molecule has 0 aliphatic heterocycles. The number of nitrogens with one attached hydrogen (secondary N) is 1. The SMILES string of the molecule is CN(Cc1ccc(C(=O)Nc2ccc(CCC(=O)O)cc2)cc1)c1nc(-c2ccccc2)cs1. The first-order valence-electron chi connectivity index (χ1n) is 10.9. The Morgan fingerprint density at radius 2 is 1.62 bits per heavy atom. The van der Waals surface area contributed by atoms with E-state index in [9.17, 15) is 9.59 Å². The largest absolute Gasteiger partial charge is 0.481 e. The zero-order chi connectivity index (χ0) is 23.9. The number of carbonyl (C=O) groups excluding carboxylic acids is 1. The number of thiazole rings is 1. The first-order chi connectivity index (χ1) is 16.5.